The lowest BCUT2D eigenvalue weighted by atomic mass is 10.2. The van der Waals surface area contributed by atoms with Crippen LogP contribution in [0.15, 0.2) is 21.1 Å². The van der Waals surface area contributed by atoms with Crippen molar-refractivity contribution < 1.29 is 9.47 Å². The third-order valence-electron chi connectivity index (χ3n) is 2.54. The van der Waals surface area contributed by atoms with Gasteiger partial charge in [-0.05, 0) is 76.4 Å². The molecule has 0 amide bonds. The average Bonchev–Trinajstić information content (AvgIpc) is 2.33. The number of rotatable bonds is 8. The van der Waals surface area contributed by atoms with Crippen LogP contribution < -0.4 is 10.1 Å². The van der Waals surface area contributed by atoms with Crippen LogP contribution in [0.25, 0.3) is 0 Å². The Hall–Kier alpha value is -0.100. The maximum atomic E-state index is 5.49. The summed E-state index contributed by atoms with van der Waals surface area (Å²) in [6.07, 6.45) is 1.34. The minimum Gasteiger partial charge on any atom is -0.494 e. The summed E-state index contributed by atoms with van der Waals surface area (Å²) < 4.78 is 12.7. The van der Waals surface area contributed by atoms with Crippen molar-refractivity contribution in [1.82, 2.24) is 5.32 Å². The van der Waals surface area contributed by atoms with Crippen molar-refractivity contribution >= 4 is 31.9 Å². The molecule has 0 atom stereocenters. The van der Waals surface area contributed by atoms with Crippen LogP contribution in [0.2, 0.25) is 0 Å². The Morgan fingerprint density at radius 2 is 1.84 bits per heavy atom. The van der Waals surface area contributed by atoms with Gasteiger partial charge in [0.1, 0.15) is 5.75 Å². The molecule has 0 aliphatic rings. The minimum atomic E-state index is 0.313. The maximum absolute atomic E-state index is 5.49. The van der Waals surface area contributed by atoms with Crippen molar-refractivity contribution in [1.29, 1.82) is 0 Å². The zero-order valence-electron chi connectivity index (χ0n) is 11.6. The van der Waals surface area contributed by atoms with Crippen LogP contribution in [0.5, 0.6) is 5.75 Å². The molecule has 0 bridgehead atoms. The molecule has 1 aromatic carbocycles. The Morgan fingerprint density at radius 1 is 1.21 bits per heavy atom. The molecule has 3 nitrogen and oxygen atoms in total. The van der Waals surface area contributed by atoms with Crippen LogP contribution in [0.1, 0.15) is 25.8 Å². The van der Waals surface area contributed by atoms with Gasteiger partial charge in [0.25, 0.3) is 0 Å². The molecule has 19 heavy (non-hydrogen) atoms. The van der Waals surface area contributed by atoms with Gasteiger partial charge in [0.2, 0.25) is 0 Å². The van der Waals surface area contributed by atoms with Crippen LogP contribution in [-0.2, 0) is 11.3 Å². The topological polar surface area (TPSA) is 30.5 Å². The number of nitrogens with one attached hydrogen (secondary N) is 1. The zero-order valence-corrected chi connectivity index (χ0v) is 14.8. The molecular formula is C14H21Br2NO2. The van der Waals surface area contributed by atoms with Crippen molar-refractivity contribution in [2.45, 2.75) is 32.9 Å². The van der Waals surface area contributed by atoms with Crippen molar-refractivity contribution in [3.05, 3.63) is 26.6 Å². The van der Waals surface area contributed by atoms with E-state index in [0.29, 0.717) is 6.10 Å². The molecule has 108 valence electrons. The van der Waals surface area contributed by atoms with E-state index in [4.69, 9.17) is 9.47 Å². The fourth-order valence-electron chi connectivity index (χ4n) is 1.66. The number of hydrogen-bond donors (Lipinski definition) is 1. The second kappa shape index (κ2) is 8.95. The highest BCUT2D eigenvalue weighted by Crippen LogP contribution is 2.34. The highest BCUT2D eigenvalue weighted by atomic mass is 79.9. The highest BCUT2D eigenvalue weighted by molar-refractivity contribution is 9.11. The number of ether oxygens (including phenoxy) is 2. The van der Waals surface area contributed by atoms with E-state index in [-0.39, 0.29) is 0 Å². The molecule has 1 aromatic rings. The van der Waals surface area contributed by atoms with Gasteiger partial charge < -0.3 is 14.8 Å². The molecule has 0 aliphatic heterocycles. The molecule has 0 aliphatic carbocycles. The predicted molar refractivity (Wildman–Crippen MR) is 85.8 cm³/mol. The molecule has 0 radical (unpaired) electrons. The summed E-state index contributed by atoms with van der Waals surface area (Å²) in [5.74, 6) is 0.828. The summed E-state index contributed by atoms with van der Waals surface area (Å²) in [5, 5.41) is 3.40. The average molecular weight is 395 g/mol. The third-order valence-corrected chi connectivity index (χ3v) is 3.72. The SMILES string of the molecule is COc1c(Br)cc(CNCCCOC(C)C)cc1Br. The van der Waals surface area contributed by atoms with E-state index in [2.05, 4.69) is 63.2 Å². The third kappa shape index (κ3) is 6.25. The standard InChI is InChI=1S/C14H21Br2NO2/c1-10(2)19-6-4-5-17-9-11-7-12(15)14(18-3)13(16)8-11/h7-8,10,17H,4-6,9H2,1-3H3. The predicted octanol–water partition coefficient (Wildman–Crippen LogP) is 4.12. The van der Waals surface area contributed by atoms with Gasteiger partial charge in [-0.2, -0.15) is 0 Å². The Balaban J connectivity index is 2.34. The van der Waals surface area contributed by atoms with Gasteiger partial charge in [0.15, 0.2) is 0 Å². The number of hydrogen-bond acceptors (Lipinski definition) is 3. The van der Waals surface area contributed by atoms with Gasteiger partial charge in [-0.1, -0.05) is 0 Å². The molecular weight excluding hydrogens is 374 g/mol. The maximum Gasteiger partial charge on any atom is 0.147 e. The summed E-state index contributed by atoms with van der Waals surface area (Å²) in [5.41, 5.74) is 1.21. The van der Waals surface area contributed by atoms with E-state index in [1.165, 1.54) is 5.56 Å². The lowest BCUT2D eigenvalue weighted by Gasteiger charge is -2.11. The van der Waals surface area contributed by atoms with Crippen molar-refractivity contribution in [3.8, 4) is 5.75 Å². The highest BCUT2D eigenvalue weighted by Gasteiger charge is 2.07. The van der Waals surface area contributed by atoms with E-state index in [1.54, 1.807) is 7.11 Å². The second-order valence-corrected chi connectivity index (χ2v) is 6.25. The van der Waals surface area contributed by atoms with Crippen LogP contribution in [-0.4, -0.2) is 26.4 Å². The quantitative estimate of drug-likeness (QED) is 0.672. The van der Waals surface area contributed by atoms with Gasteiger partial charge in [0.05, 0.1) is 22.2 Å². The van der Waals surface area contributed by atoms with E-state index in [0.717, 1.165) is 40.8 Å². The first-order valence-corrected chi connectivity index (χ1v) is 7.97. The van der Waals surface area contributed by atoms with Gasteiger partial charge in [0, 0.05) is 13.2 Å². The molecule has 0 saturated carbocycles. The Bertz CT molecular complexity index is 374. The van der Waals surface area contributed by atoms with Crippen LogP contribution in [0.4, 0.5) is 0 Å². The first kappa shape index (κ1) is 17.0. The van der Waals surface area contributed by atoms with Crippen molar-refractivity contribution in [3.63, 3.8) is 0 Å². The number of benzene rings is 1. The van der Waals surface area contributed by atoms with E-state index in [9.17, 15) is 0 Å². The van der Waals surface area contributed by atoms with E-state index >= 15 is 0 Å². The molecule has 0 aromatic heterocycles. The fourth-order valence-corrected chi connectivity index (χ4v) is 3.26. The lowest BCUT2D eigenvalue weighted by Crippen LogP contribution is -2.17. The Morgan fingerprint density at radius 3 is 2.37 bits per heavy atom. The van der Waals surface area contributed by atoms with Gasteiger partial charge >= 0.3 is 0 Å². The molecule has 0 heterocycles. The van der Waals surface area contributed by atoms with Crippen LogP contribution in [0.3, 0.4) is 0 Å². The first-order chi connectivity index (χ1) is 9.04. The molecule has 0 unspecified atom stereocenters. The molecule has 0 fully saturated rings. The summed E-state index contributed by atoms with van der Waals surface area (Å²) >= 11 is 7.01. The van der Waals surface area contributed by atoms with Gasteiger partial charge in [-0.15, -0.1) is 0 Å². The largest absolute Gasteiger partial charge is 0.494 e. The van der Waals surface area contributed by atoms with Crippen molar-refractivity contribution in [2.75, 3.05) is 20.3 Å². The first-order valence-electron chi connectivity index (χ1n) is 6.38. The monoisotopic (exact) mass is 393 g/mol. The van der Waals surface area contributed by atoms with E-state index < -0.39 is 0 Å². The summed E-state index contributed by atoms with van der Waals surface area (Å²) in [6, 6.07) is 4.14. The molecule has 0 spiro atoms. The fraction of sp³-hybridized carbons (Fsp3) is 0.571. The second-order valence-electron chi connectivity index (χ2n) is 4.54. The van der Waals surface area contributed by atoms with E-state index in [1.807, 2.05) is 0 Å². The zero-order chi connectivity index (χ0) is 14.3. The van der Waals surface area contributed by atoms with Crippen LogP contribution >= 0.6 is 31.9 Å². The summed E-state index contributed by atoms with van der Waals surface area (Å²) in [7, 11) is 1.66. The van der Waals surface area contributed by atoms with Crippen molar-refractivity contribution in [2.24, 2.45) is 0 Å². The molecule has 5 heteroatoms. The van der Waals surface area contributed by atoms with Gasteiger partial charge in [-0.3, -0.25) is 0 Å². The van der Waals surface area contributed by atoms with Crippen LogP contribution in [0, 0.1) is 0 Å². The lowest BCUT2D eigenvalue weighted by molar-refractivity contribution is 0.0770. The molecule has 1 N–H and O–H groups in total. The van der Waals surface area contributed by atoms with Gasteiger partial charge in [-0.25, -0.2) is 0 Å². The number of halogens is 2. The summed E-state index contributed by atoms with van der Waals surface area (Å²) in [4.78, 5) is 0. The summed E-state index contributed by atoms with van der Waals surface area (Å²) in [6.45, 7) is 6.71. The Labute approximate surface area is 132 Å². The number of methoxy groups -OCH3 is 1. The normalized spacial score (nSPS) is 11.1. The minimum absolute atomic E-state index is 0.313. The Kier molecular flexibility index (Phi) is 7.99. The molecule has 1 rings (SSSR count). The molecule has 0 saturated heterocycles. The smallest absolute Gasteiger partial charge is 0.147 e.